The summed E-state index contributed by atoms with van der Waals surface area (Å²) >= 11 is 5.79. The summed E-state index contributed by atoms with van der Waals surface area (Å²) in [6, 6.07) is 3.87. The molecule has 1 fully saturated rings. The van der Waals surface area contributed by atoms with Crippen molar-refractivity contribution in [3.05, 3.63) is 27.5 Å². The molecular weight excluding hydrogens is 280 g/mol. The molecule has 0 spiro atoms. The summed E-state index contributed by atoms with van der Waals surface area (Å²) in [6.45, 7) is 0. The molecule has 106 valence electrons. The number of rotatable bonds is 4. The molecule has 1 aliphatic rings. The summed E-state index contributed by atoms with van der Waals surface area (Å²) in [7, 11) is 0. The average Bonchev–Trinajstić information content (AvgIpc) is 2.41. The molecule has 0 atom stereocenters. The molecular formula is C13H15ClN4O2. The van der Waals surface area contributed by atoms with Crippen LogP contribution in [0.4, 0.5) is 11.4 Å². The van der Waals surface area contributed by atoms with Crippen molar-refractivity contribution in [1.29, 1.82) is 5.26 Å². The number of nitrogens with one attached hydrogen (secondary N) is 1. The second-order valence-corrected chi connectivity index (χ2v) is 5.39. The smallest absolute Gasteiger partial charge is 0.310 e. The van der Waals surface area contributed by atoms with Gasteiger partial charge in [-0.15, -0.1) is 0 Å². The van der Waals surface area contributed by atoms with Gasteiger partial charge in [-0.2, -0.15) is 5.26 Å². The van der Waals surface area contributed by atoms with Crippen LogP contribution in [0, 0.1) is 27.4 Å². The normalized spacial score (nSPS) is 22.0. The first-order chi connectivity index (χ1) is 9.60. The molecule has 20 heavy (non-hydrogen) atoms. The highest BCUT2D eigenvalue weighted by Crippen LogP contribution is 2.32. The number of nitro groups is 1. The van der Waals surface area contributed by atoms with Crippen LogP contribution in [-0.4, -0.2) is 15.9 Å². The molecule has 0 unspecified atom stereocenters. The van der Waals surface area contributed by atoms with Crippen molar-refractivity contribution in [2.24, 2.45) is 5.92 Å². The van der Waals surface area contributed by atoms with Crippen LogP contribution in [0.25, 0.3) is 0 Å². The molecule has 0 saturated heterocycles. The van der Waals surface area contributed by atoms with E-state index >= 15 is 0 Å². The Kier molecular flexibility index (Phi) is 4.74. The topological polar surface area (TPSA) is 91.8 Å². The molecule has 1 aliphatic carbocycles. The van der Waals surface area contributed by atoms with Crippen LogP contribution in [0.3, 0.4) is 0 Å². The summed E-state index contributed by atoms with van der Waals surface area (Å²) in [6.07, 6.45) is 5.52. The molecule has 7 heteroatoms. The predicted molar refractivity (Wildman–Crippen MR) is 75.5 cm³/mol. The first-order valence-corrected chi connectivity index (χ1v) is 6.91. The fourth-order valence-electron chi connectivity index (χ4n) is 2.54. The Hall–Kier alpha value is -1.87. The Labute approximate surface area is 121 Å². The van der Waals surface area contributed by atoms with Gasteiger partial charge in [0, 0.05) is 18.5 Å². The number of hydrogen-bond donors (Lipinski definition) is 1. The summed E-state index contributed by atoms with van der Waals surface area (Å²) in [4.78, 5) is 14.2. The minimum absolute atomic E-state index is 0.0615. The number of halogens is 1. The molecule has 0 aromatic carbocycles. The van der Waals surface area contributed by atoms with Gasteiger partial charge in [0.1, 0.15) is 17.0 Å². The largest absolute Gasteiger partial charge is 0.377 e. The van der Waals surface area contributed by atoms with Gasteiger partial charge in [-0.25, -0.2) is 4.98 Å². The van der Waals surface area contributed by atoms with Crippen molar-refractivity contribution in [3.63, 3.8) is 0 Å². The van der Waals surface area contributed by atoms with Crippen molar-refractivity contribution < 1.29 is 4.92 Å². The maximum atomic E-state index is 11.0. The number of pyridine rings is 1. The van der Waals surface area contributed by atoms with Crippen LogP contribution in [-0.2, 0) is 0 Å². The quantitative estimate of drug-likeness (QED) is 0.521. The molecule has 2 rings (SSSR count). The summed E-state index contributed by atoms with van der Waals surface area (Å²) in [5.74, 6) is 0.453. The summed E-state index contributed by atoms with van der Waals surface area (Å²) in [5.41, 5.74) is 0.354. The van der Waals surface area contributed by atoms with Crippen LogP contribution in [0.5, 0.6) is 0 Å². The van der Waals surface area contributed by atoms with E-state index in [2.05, 4.69) is 16.4 Å². The van der Waals surface area contributed by atoms with Crippen molar-refractivity contribution in [3.8, 4) is 6.07 Å². The standard InChI is InChI=1S/C13H15ClN4O2/c14-13-7-11(12(8-16-13)18(19)20)17-10-3-1-9(2-4-10)5-6-15/h7-10H,1-5H2,(H,16,17)/t9-,10-. The van der Waals surface area contributed by atoms with E-state index in [1.807, 2.05) is 0 Å². The number of hydrogen-bond acceptors (Lipinski definition) is 5. The van der Waals surface area contributed by atoms with Crippen LogP contribution < -0.4 is 5.32 Å². The van der Waals surface area contributed by atoms with Gasteiger partial charge in [-0.1, -0.05) is 11.6 Å². The van der Waals surface area contributed by atoms with Gasteiger partial charge in [0.2, 0.25) is 0 Å². The zero-order valence-electron chi connectivity index (χ0n) is 10.9. The van der Waals surface area contributed by atoms with E-state index in [9.17, 15) is 10.1 Å². The molecule has 0 bridgehead atoms. The zero-order valence-corrected chi connectivity index (χ0v) is 11.6. The fraction of sp³-hybridized carbons (Fsp3) is 0.538. The lowest BCUT2D eigenvalue weighted by Crippen LogP contribution is -2.26. The second kappa shape index (κ2) is 6.53. The zero-order chi connectivity index (χ0) is 14.5. The van der Waals surface area contributed by atoms with Crippen LogP contribution in [0.15, 0.2) is 12.3 Å². The maximum absolute atomic E-state index is 11.0. The molecule has 0 amide bonds. The third-order valence-corrected chi connectivity index (χ3v) is 3.84. The summed E-state index contributed by atoms with van der Waals surface area (Å²) < 4.78 is 0. The Morgan fingerprint density at radius 3 is 2.80 bits per heavy atom. The van der Waals surface area contributed by atoms with Crippen LogP contribution in [0.2, 0.25) is 5.15 Å². The Morgan fingerprint density at radius 1 is 1.50 bits per heavy atom. The van der Waals surface area contributed by atoms with Crippen molar-refractivity contribution in [2.75, 3.05) is 5.32 Å². The lowest BCUT2D eigenvalue weighted by Gasteiger charge is -2.28. The Morgan fingerprint density at radius 2 is 2.20 bits per heavy atom. The SMILES string of the molecule is N#CC[C@H]1CC[C@H](Nc2cc(Cl)ncc2[N+](=O)[O-])CC1. The molecule has 1 saturated carbocycles. The van der Waals surface area contributed by atoms with Gasteiger partial charge in [0.25, 0.3) is 0 Å². The third-order valence-electron chi connectivity index (χ3n) is 3.63. The van der Waals surface area contributed by atoms with E-state index in [4.69, 9.17) is 16.9 Å². The molecule has 0 radical (unpaired) electrons. The second-order valence-electron chi connectivity index (χ2n) is 5.01. The monoisotopic (exact) mass is 294 g/mol. The molecule has 1 heterocycles. The van der Waals surface area contributed by atoms with E-state index in [0.717, 1.165) is 25.7 Å². The van der Waals surface area contributed by atoms with E-state index in [-0.39, 0.29) is 16.9 Å². The molecule has 1 N–H and O–H groups in total. The van der Waals surface area contributed by atoms with Crippen molar-refractivity contribution in [1.82, 2.24) is 4.98 Å². The highest BCUT2D eigenvalue weighted by atomic mass is 35.5. The highest BCUT2D eigenvalue weighted by molar-refractivity contribution is 6.29. The molecule has 0 aliphatic heterocycles. The molecule has 1 aromatic rings. The van der Waals surface area contributed by atoms with Gasteiger partial charge >= 0.3 is 5.69 Å². The molecule has 1 aromatic heterocycles. The van der Waals surface area contributed by atoms with Gasteiger partial charge in [-0.05, 0) is 31.6 Å². The van der Waals surface area contributed by atoms with Gasteiger partial charge in [-0.3, -0.25) is 10.1 Å². The van der Waals surface area contributed by atoms with E-state index in [0.29, 0.717) is 18.0 Å². The third kappa shape index (κ3) is 3.58. The number of anilines is 1. The van der Waals surface area contributed by atoms with E-state index < -0.39 is 4.92 Å². The number of aromatic nitrogens is 1. The Bertz CT molecular complexity index is 536. The lowest BCUT2D eigenvalue weighted by molar-refractivity contribution is -0.384. The molecule has 6 nitrogen and oxygen atoms in total. The van der Waals surface area contributed by atoms with E-state index in [1.165, 1.54) is 12.3 Å². The van der Waals surface area contributed by atoms with Crippen LogP contribution in [0.1, 0.15) is 32.1 Å². The van der Waals surface area contributed by atoms with Crippen LogP contribution >= 0.6 is 11.6 Å². The minimum atomic E-state index is -0.465. The first-order valence-electron chi connectivity index (χ1n) is 6.53. The average molecular weight is 295 g/mol. The fourth-order valence-corrected chi connectivity index (χ4v) is 2.70. The van der Waals surface area contributed by atoms with Gasteiger partial charge in [0.15, 0.2) is 0 Å². The predicted octanol–water partition coefficient (Wildman–Crippen LogP) is 3.53. The Balaban J connectivity index is 2.02. The summed E-state index contributed by atoms with van der Waals surface area (Å²) in [5, 5.41) is 23.1. The first kappa shape index (κ1) is 14.5. The maximum Gasteiger partial charge on any atom is 0.310 e. The number of nitrogens with zero attached hydrogens (tertiary/aromatic N) is 3. The minimum Gasteiger partial charge on any atom is -0.377 e. The van der Waals surface area contributed by atoms with Gasteiger partial charge in [0.05, 0.1) is 11.0 Å². The van der Waals surface area contributed by atoms with Crippen molar-refractivity contribution in [2.45, 2.75) is 38.1 Å². The van der Waals surface area contributed by atoms with Gasteiger partial charge < -0.3 is 5.32 Å². The van der Waals surface area contributed by atoms with E-state index in [1.54, 1.807) is 0 Å². The number of nitriles is 1. The van der Waals surface area contributed by atoms with Crippen molar-refractivity contribution >= 4 is 23.0 Å². The lowest BCUT2D eigenvalue weighted by atomic mass is 9.84. The highest BCUT2D eigenvalue weighted by Gasteiger charge is 2.23.